The van der Waals surface area contributed by atoms with Crippen LogP contribution < -0.4 is 4.74 Å². The standard InChI is InChI=1S/C19H17F3O2/c1-3-24-13-10-8-12(9-11-13)16-17(19(20,21)22)14-6-4-5-7-15(14)18(16,2)23/h4-11,23H,3H2,1-2H3. The molecule has 0 saturated carbocycles. The van der Waals surface area contributed by atoms with Crippen LogP contribution in [0.4, 0.5) is 13.2 Å². The van der Waals surface area contributed by atoms with Crippen LogP contribution in [0.25, 0.3) is 11.1 Å². The van der Waals surface area contributed by atoms with Gasteiger partial charge in [0.15, 0.2) is 0 Å². The Balaban J connectivity index is 2.22. The third kappa shape index (κ3) is 2.59. The molecule has 2 aromatic rings. The van der Waals surface area contributed by atoms with Crippen LogP contribution in [-0.2, 0) is 5.60 Å². The third-order valence-corrected chi connectivity index (χ3v) is 4.20. The van der Waals surface area contributed by atoms with E-state index < -0.39 is 17.4 Å². The Morgan fingerprint density at radius 1 is 1.04 bits per heavy atom. The first-order valence-corrected chi connectivity index (χ1v) is 7.64. The maximum absolute atomic E-state index is 13.7. The predicted molar refractivity (Wildman–Crippen MR) is 86.5 cm³/mol. The molecule has 0 aromatic heterocycles. The Bertz CT molecular complexity index is 787. The van der Waals surface area contributed by atoms with Crippen molar-refractivity contribution >= 4 is 11.1 Å². The summed E-state index contributed by atoms with van der Waals surface area (Å²) in [5, 5.41) is 10.9. The van der Waals surface area contributed by atoms with Gasteiger partial charge in [0.2, 0.25) is 0 Å². The summed E-state index contributed by atoms with van der Waals surface area (Å²) < 4.78 is 46.5. The van der Waals surface area contributed by atoms with Gasteiger partial charge in [-0.25, -0.2) is 0 Å². The third-order valence-electron chi connectivity index (χ3n) is 4.20. The van der Waals surface area contributed by atoms with E-state index in [4.69, 9.17) is 4.74 Å². The number of ether oxygens (including phenoxy) is 1. The van der Waals surface area contributed by atoms with Gasteiger partial charge in [0.1, 0.15) is 11.4 Å². The molecule has 1 N–H and O–H groups in total. The van der Waals surface area contributed by atoms with E-state index in [1.54, 1.807) is 36.4 Å². The van der Waals surface area contributed by atoms with Gasteiger partial charge in [-0.05, 0) is 42.7 Å². The molecule has 126 valence electrons. The van der Waals surface area contributed by atoms with Crippen molar-refractivity contribution in [1.82, 2.24) is 0 Å². The zero-order valence-electron chi connectivity index (χ0n) is 13.3. The summed E-state index contributed by atoms with van der Waals surface area (Å²) in [6.07, 6.45) is -4.56. The molecule has 3 rings (SSSR count). The highest BCUT2D eigenvalue weighted by atomic mass is 19.4. The zero-order valence-corrected chi connectivity index (χ0v) is 13.3. The molecule has 1 atom stereocenters. The first-order valence-electron chi connectivity index (χ1n) is 7.64. The number of alkyl halides is 3. The van der Waals surface area contributed by atoms with Crippen LogP contribution in [-0.4, -0.2) is 17.9 Å². The van der Waals surface area contributed by atoms with Crippen molar-refractivity contribution in [3.63, 3.8) is 0 Å². The van der Waals surface area contributed by atoms with E-state index in [0.29, 0.717) is 17.9 Å². The molecule has 1 unspecified atom stereocenters. The molecule has 1 aliphatic carbocycles. The van der Waals surface area contributed by atoms with E-state index in [0.717, 1.165) is 0 Å². The molecule has 0 spiro atoms. The van der Waals surface area contributed by atoms with Crippen LogP contribution in [0, 0.1) is 0 Å². The van der Waals surface area contributed by atoms with Gasteiger partial charge in [0.05, 0.1) is 12.2 Å². The van der Waals surface area contributed by atoms with Crippen molar-refractivity contribution < 1.29 is 23.0 Å². The second kappa shape index (κ2) is 5.67. The fourth-order valence-corrected chi connectivity index (χ4v) is 3.24. The average Bonchev–Trinajstić information content (AvgIpc) is 2.77. The van der Waals surface area contributed by atoms with Crippen LogP contribution >= 0.6 is 0 Å². The van der Waals surface area contributed by atoms with Crippen molar-refractivity contribution in [2.75, 3.05) is 6.61 Å². The lowest BCUT2D eigenvalue weighted by atomic mass is 9.88. The minimum Gasteiger partial charge on any atom is -0.494 e. The Labute approximate surface area is 138 Å². The lowest BCUT2D eigenvalue weighted by molar-refractivity contribution is -0.0686. The van der Waals surface area contributed by atoms with Gasteiger partial charge in [0.25, 0.3) is 0 Å². The summed E-state index contributed by atoms with van der Waals surface area (Å²) >= 11 is 0. The predicted octanol–water partition coefficient (Wildman–Crippen LogP) is 4.78. The lowest BCUT2D eigenvalue weighted by Gasteiger charge is -2.24. The molecule has 2 aromatic carbocycles. The number of hydrogen-bond donors (Lipinski definition) is 1. The fourth-order valence-electron chi connectivity index (χ4n) is 3.24. The van der Waals surface area contributed by atoms with E-state index in [9.17, 15) is 18.3 Å². The molecule has 24 heavy (non-hydrogen) atoms. The second-order valence-electron chi connectivity index (χ2n) is 5.82. The van der Waals surface area contributed by atoms with Crippen LogP contribution in [0.15, 0.2) is 48.5 Å². The van der Waals surface area contributed by atoms with E-state index >= 15 is 0 Å². The van der Waals surface area contributed by atoms with Crippen LogP contribution in [0.1, 0.15) is 30.5 Å². The maximum atomic E-state index is 13.7. The lowest BCUT2D eigenvalue weighted by Crippen LogP contribution is -2.21. The van der Waals surface area contributed by atoms with Crippen LogP contribution in [0.2, 0.25) is 0 Å². The minimum absolute atomic E-state index is 0.0267. The molecule has 0 radical (unpaired) electrons. The number of fused-ring (bicyclic) bond motifs is 1. The van der Waals surface area contributed by atoms with Gasteiger partial charge >= 0.3 is 6.18 Å². The van der Waals surface area contributed by atoms with Gasteiger partial charge in [0, 0.05) is 5.57 Å². The van der Waals surface area contributed by atoms with Gasteiger partial charge in [-0.2, -0.15) is 13.2 Å². The highest BCUT2D eigenvalue weighted by Gasteiger charge is 2.49. The molecule has 1 aliphatic rings. The topological polar surface area (TPSA) is 29.5 Å². The first-order chi connectivity index (χ1) is 11.3. The monoisotopic (exact) mass is 334 g/mol. The first kappa shape index (κ1) is 16.6. The summed E-state index contributed by atoms with van der Waals surface area (Å²) in [6, 6.07) is 12.4. The molecular weight excluding hydrogens is 317 g/mol. The Kier molecular flexibility index (Phi) is 3.92. The summed E-state index contributed by atoms with van der Waals surface area (Å²) in [6.45, 7) is 3.70. The quantitative estimate of drug-likeness (QED) is 0.875. The summed E-state index contributed by atoms with van der Waals surface area (Å²) in [5.74, 6) is 0.575. The van der Waals surface area contributed by atoms with Gasteiger partial charge in [-0.3, -0.25) is 0 Å². The van der Waals surface area contributed by atoms with Gasteiger partial charge in [-0.1, -0.05) is 36.4 Å². The Hall–Kier alpha value is -2.27. The van der Waals surface area contributed by atoms with Gasteiger partial charge in [-0.15, -0.1) is 0 Å². The number of rotatable bonds is 3. The number of aliphatic hydroxyl groups is 1. The zero-order chi connectivity index (χ0) is 17.5. The Morgan fingerprint density at radius 2 is 1.67 bits per heavy atom. The molecule has 0 amide bonds. The van der Waals surface area contributed by atoms with E-state index in [1.807, 2.05) is 6.92 Å². The smallest absolute Gasteiger partial charge is 0.417 e. The van der Waals surface area contributed by atoms with Crippen LogP contribution in [0.5, 0.6) is 5.75 Å². The highest BCUT2D eigenvalue weighted by Crippen LogP contribution is 2.54. The number of hydrogen-bond acceptors (Lipinski definition) is 2. The van der Waals surface area contributed by atoms with Crippen molar-refractivity contribution in [3.05, 3.63) is 65.2 Å². The summed E-state index contributed by atoms with van der Waals surface area (Å²) in [4.78, 5) is 0. The van der Waals surface area contributed by atoms with Crippen molar-refractivity contribution in [2.24, 2.45) is 0 Å². The normalized spacial score (nSPS) is 20.2. The summed E-state index contributed by atoms with van der Waals surface area (Å²) in [5.41, 5.74) is -2.01. The molecule has 0 bridgehead atoms. The van der Waals surface area contributed by atoms with Crippen molar-refractivity contribution in [2.45, 2.75) is 25.6 Å². The van der Waals surface area contributed by atoms with Crippen molar-refractivity contribution in [1.29, 1.82) is 0 Å². The highest BCUT2D eigenvalue weighted by molar-refractivity contribution is 6.02. The molecule has 0 saturated heterocycles. The average molecular weight is 334 g/mol. The van der Waals surface area contributed by atoms with E-state index in [-0.39, 0.29) is 16.7 Å². The van der Waals surface area contributed by atoms with Crippen molar-refractivity contribution in [3.8, 4) is 5.75 Å². The number of halogens is 3. The Morgan fingerprint density at radius 3 is 2.25 bits per heavy atom. The van der Waals surface area contributed by atoms with E-state index in [1.165, 1.54) is 19.1 Å². The minimum atomic E-state index is -4.56. The van der Waals surface area contributed by atoms with Gasteiger partial charge < -0.3 is 9.84 Å². The fraction of sp³-hybridized carbons (Fsp3) is 0.263. The van der Waals surface area contributed by atoms with Crippen LogP contribution in [0.3, 0.4) is 0 Å². The number of allylic oxidation sites excluding steroid dienone is 1. The second-order valence-corrected chi connectivity index (χ2v) is 5.82. The number of benzene rings is 2. The molecule has 2 nitrogen and oxygen atoms in total. The van der Waals surface area contributed by atoms with E-state index in [2.05, 4.69) is 0 Å². The molecule has 0 heterocycles. The molecule has 0 aliphatic heterocycles. The maximum Gasteiger partial charge on any atom is 0.417 e. The molecule has 5 heteroatoms. The SMILES string of the molecule is CCOc1ccc(C2=C(C(F)(F)F)c3ccccc3C2(C)O)cc1. The molecule has 0 fully saturated rings. The largest absolute Gasteiger partial charge is 0.494 e. The molecular formula is C19H17F3O2. The summed E-state index contributed by atoms with van der Waals surface area (Å²) in [7, 11) is 0.